The molecule has 0 heterocycles. The molecule has 0 N–H and O–H groups in total. The van der Waals surface area contributed by atoms with Gasteiger partial charge in [-0.1, -0.05) is 12.1 Å². The third-order valence-corrected chi connectivity index (χ3v) is 3.43. The maximum Gasteiger partial charge on any atom is 0.339 e. The molecular weight excluding hydrogens is 300 g/mol. The molecule has 1 rings (SSSR count). The molecule has 0 fully saturated rings. The minimum Gasteiger partial charge on any atom is -0.468 e. The van der Waals surface area contributed by atoms with Gasteiger partial charge in [0.05, 0.1) is 25.2 Å². The molecule has 18 heavy (non-hydrogen) atoms. The van der Waals surface area contributed by atoms with Gasteiger partial charge < -0.3 is 9.47 Å². The van der Waals surface area contributed by atoms with Crippen molar-refractivity contribution < 1.29 is 19.1 Å². The molecule has 0 spiro atoms. The Bertz CT molecular complexity index is 480. The van der Waals surface area contributed by atoms with Crippen molar-refractivity contribution in [3.05, 3.63) is 33.8 Å². The van der Waals surface area contributed by atoms with E-state index in [0.29, 0.717) is 15.6 Å². The van der Waals surface area contributed by atoms with Gasteiger partial charge in [-0.25, -0.2) is 4.79 Å². The zero-order valence-corrected chi connectivity index (χ0v) is 12.3. The van der Waals surface area contributed by atoms with Gasteiger partial charge in [-0.15, -0.1) is 0 Å². The fraction of sp³-hybridized carbons (Fsp3) is 0.385. The Balaban J connectivity index is 3.46. The van der Waals surface area contributed by atoms with Gasteiger partial charge in [-0.2, -0.15) is 0 Å². The molecule has 0 aromatic heterocycles. The second kappa shape index (κ2) is 5.52. The van der Waals surface area contributed by atoms with Crippen LogP contribution in [0.2, 0.25) is 0 Å². The van der Waals surface area contributed by atoms with E-state index in [2.05, 4.69) is 15.9 Å². The summed E-state index contributed by atoms with van der Waals surface area (Å²) in [6, 6.07) is 5.20. The SMILES string of the molecule is COC(=O)c1c(Br)cccc1C(C)(C)C(=O)OC. The first-order valence-electron chi connectivity index (χ1n) is 5.32. The summed E-state index contributed by atoms with van der Waals surface area (Å²) < 4.78 is 10.1. The van der Waals surface area contributed by atoms with Crippen LogP contribution in [-0.4, -0.2) is 26.2 Å². The van der Waals surface area contributed by atoms with Crippen LogP contribution in [-0.2, 0) is 19.7 Å². The van der Waals surface area contributed by atoms with Crippen molar-refractivity contribution in [3.8, 4) is 0 Å². The Kier molecular flexibility index (Phi) is 4.51. The minimum absolute atomic E-state index is 0.343. The Morgan fingerprint density at radius 3 is 2.28 bits per heavy atom. The first-order valence-corrected chi connectivity index (χ1v) is 6.11. The third-order valence-electron chi connectivity index (χ3n) is 2.77. The summed E-state index contributed by atoms with van der Waals surface area (Å²) in [6.07, 6.45) is 0. The van der Waals surface area contributed by atoms with Gasteiger partial charge in [0.15, 0.2) is 0 Å². The molecule has 1 aromatic carbocycles. The van der Waals surface area contributed by atoms with Crippen molar-refractivity contribution in [2.24, 2.45) is 0 Å². The maximum absolute atomic E-state index is 11.8. The lowest BCUT2D eigenvalue weighted by Crippen LogP contribution is -2.32. The van der Waals surface area contributed by atoms with Crippen molar-refractivity contribution in [1.29, 1.82) is 0 Å². The molecule has 0 saturated carbocycles. The Labute approximate surface area is 114 Å². The van der Waals surface area contributed by atoms with E-state index in [1.165, 1.54) is 14.2 Å². The van der Waals surface area contributed by atoms with Crippen molar-refractivity contribution >= 4 is 27.9 Å². The lowest BCUT2D eigenvalue weighted by atomic mass is 9.82. The highest BCUT2D eigenvalue weighted by atomic mass is 79.9. The highest BCUT2D eigenvalue weighted by Gasteiger charge is 2.35. The van der Waals surface area contributed by atoms with Gasteiger partial charge in [0, 0.05) is 4.47 Å². The molecule has 0 bridgehead atoms. The number of carbonyl (C=O) groups excluding carboxylic acids is 2. The Morgan fingerprint density at radius 2 is 1.78 bits per heavy atom. The number of esters is 2. The Hall–Kier alpha value is -1.36. The highest BCUT2D eigenvalue weighted by Crippen LogP contribution is 2.32. The van der Waals surface area contributed by atoms with Crippen LogP contribution >= 0.6 is 15.9 Å². The number of hydrogen-bond donors (Lipinski definition) is 0. The molecule has 4 nitrogen and oxygen atoms in total. The van der Waals surface area contributed by atoms with Gasteiger partial charge in [0.25, 0.3) is 0 Å². The molecule has 0 atom stereocenters. The smallest absolute Gasteiger partial charge is 0.339 e. The lowest BCUT2D eigenvalue weighted by Gasteiger charge is -2.24. The van der Waals surface area contributed by atoms with Gasteiger partial charge in [-0.05, 0) is 41.4 Å². The summed E-state index contributed by atoms with van der Waals surface area (Å²) in [5.74, 6) is -0.903. The van der Waals surface area contributed by atoms with E-state index in [-0.39, 0.29) is 0 Å². The van der Waals surface area contributed by atoms with Crippen LogP contribution in [0, 0.1) is 0 Å². The monoisotopic (exact) mass is 314 g/mol. The molecule has 0 aliphatic rings. The normalized spacial score (nSPS) is 10.9. The van der Waals surface area contributed by atoms with Crippen LogP contribution < -0.4 is 0 Å². The van der Waals surface area contributed by atoms with Crippen LogP contribution in [0.25, 0.3) is 0 Å². The highest BCUT2D eigenvalue weighted by molar-refractivity contribution is 9.10. The minimum atomic E-state index is -0.929. The zero-order chi connectivity index (χ0) is 13.9. The summed E-state index contributed by atoms with van der Waals surface area (Å²) in [5.41, 5.74) is -0.0202. The summed E-state index contributed by atoms with van der Waals surface area (Å²) in [5, 5.41) is 0. The first kappa shape index (κ1) is 14.7. The van der Waals surface area contributed by atoms with Gasteiger partial charge >= 0.3 is 11.9 Å². The van der Waals surface area contributed by atoms with E-state index in [1.54, 1.807) is 32.0 Å². The van der Waals surface area contributed by atoms with E-state index < -0.39 is 17.4 Å². The average molecular weight is 315 g/mol. The number of halogens is 1. The molecule has 0 aliphatic carbocycles. The van der Waals surface area contributed by atoms with Gasteiger partial charge in [0.1, 0.15) is 0 Å². The summed E-state index contributed by atoms with van der Waals surface area (Å²) in [6.45, 7) is 3.40. The van der Waals surface area contributed by atoms with Crippen LogP contribution in [0.15, 0.2) is 22.7 Å². The predicted octanol–water partition coefficient (Wildman–Crippen LogP) is 2.69. The van der Waals surface area contributed by atoms with E-state index in [4.69, 9.17) is 9.47 Å². The second-order valence-corrected chi connectivity index (χ2v) is 5.12. The number of methoxy groups -OCH3 is 2. The molecule has 0 saturated heterocycles. The molecule has 0 amide bonds. The lowest BCUT2D eigenvalue weighted by molar-refractivity contribution is -0.146. The molecule has 0 unspecified atom stereocenters. The standard InChI is InChI=1S/C13H15BrO4/c1-13(2,12(16)18-4)8-6-5-7-9(14)10(8)11(15)17-3/h5-7H,1-4H3. The van der Waals surface area contributed by atoms with E-state index in [0.717, 1.165) is 0 Å². The van der Waals surface area contributed by atoms with E-state index >= 15 is 0 Å². The van der Waals surface area contributed by atoms with Crippen LogP contribution in [0.1, 0.15) is 29.8 Å². The van der Waals surface area contributed by atoms with Gasteiger partial charge in [-0.3, -0.25) is 4.79 Å². The van der Waals surface area contributed by atoms with Crippen molar-refractivity contribution in [3.63, 3.8) is 0 Å². The molecule has 5 heteroatoms. The fourth-order valence-corrected chi connectivity index (χ4v) is 2.25. The summed E-state index contributed by atoms with van der Waals surface area (Å²) in [7, 11) is 2.62. The third kappa shape index (κ3) is 2.56. The first-order chi connectivity index (χ1) is 8.36. The number of hydrogen-bond acceptors (Lipinski definition) is 4. The molecule has 1 aromatic rings. The van der Waals surface area contributed by atoms with Crippen LogP contribution in [0.4, 0.5) is 0 Å². The molecular formula is C13H15BrO4. The number of rotatable bonds is 3. The predicted molar refractivity (Wildman–Crippen MR) is 70.5 cm³/mol. The maximum atomic E-state index is 11.8. The van der Waals surface area contributed by atoms with E-state index in [1.807, 2.05) is 0 Å². The quantitative estimate of drug-likeness (QED) is 0.805. The second-order valence-electron chi connectivity index (χ2n) is 4.27. The summed E-state index contributed by atoms with van der Waals surface area (Å²) >= 11 is 3.30. The number of carbonyl (C=O) groups is 2. The summed E-state index contributed by atoms with van der Waals surface area (Å²) in [4.78, 5) is 23.6. The van der Waals surface area contributed by atoms with E-state index in [9.17, 15) is 9.59 Å². The fourth-order valence-electron chi connectivity index (χ4n) is 1.72. The number of benzene rings is 1. The van der Waals surface area contributed by atoms with Gasteiger partial charge in [0.2, 0.25) is 0 Å². The average Bonchev–Trinajstić information content (AvgIpc) is 2.36. The zero-order valence-electron chi connectivity index (χ0n) is 10.7. The number of ether oxygens (including phenoxy) is 2. The molecule has 0 aliphatic heterocycles. The molecule has 98 valence electrons. The van der Waals surface area contributed by atoms with Crippen molar-refractivity contribution in [2.75, 3.05) is 14.2 Å². The van der Waals surface area contributed by atoms with Crippen molar-refractivity contribution in [2.45, 2.75) is 19.3 Å². The Morgan fingerprint density at radius 1 is 1.17 bits per heavy atom. The van der Waals surface area contributed by atoms with Crippen LogP contribution in [0.5, 0.6) is 0 Å². The topological polar surface area (TPSA) is 52.6 Å². The van der Waals surface area contributed by atoms with Crippen molar-refractivity contribution in [1.82, 2.24) is 0 Å². The largest absolute Gasteiger partial charge is 0.468 e. The molecule has 0 radical (unpaired) electrons. The van der Waals surface area contributed by atoms with Crippen LogP contribution in [0.3, 0.4) is 0 Å².